The van der Waals surface area contributed by atoms with Gasteiger partial charge in [-0.1, -0.05) is 32.0 Å². The fourth-order valence-electron chi connectivity index (χ4n) is 1.73. The predicted octanol–water partition coefficient (Wildman–Crippen LogP) is 1.75. The maximum absolute atomic E-state index is 13.7. The molecule has 7 heteroatoms. The molecule has 1 aromatic rings. The van der Waals surface area contributed by atoms with Crippen LogP contribution in [0.25, 0.3) is 0 Å². The van der Waals surface area contributed by atoms with Gasteiger partial charge in [0.25, 0.3) is 0 Å². The van der Waals surface area contributed by atoms with Gasteiger partial charge in [-0.05, 0) is 18.9 Å². The summed E-state index contributed by atoms with van der Waals surface area (Å²) in [5.41, 5.74) is 0.234. The number of benzene rings is 1. The minimum absolute atomic E-state index is 0.0672. The van der Waals surface area contributed by atoms with Gasteiger partial charge in [0.05, 0.1) is 12.8 Å². The van der Waals surface area contributed by atoms with E-state index in [0.29, 0.717) is 0 Å². The van der Waals surface area contributed by atoms with Gasteiger partial charge in [0, 0.05) is 18.2 Å². The molecule has 0 spiro atoms. The second-order valence-corrected chi connectivity index (χ2v) is 7.71. The molecule has 1 rings (SSSR count). The minimum atomic E-state index is -3.63. The Bertz CT molecular complexity index is 617. The first-order chi connectivity index (χ1) is 10.1. The minimum Gasteiger partial charge on any atom is -0.352 e. The second kappa shape index (κ2) is 7.69. The summed E-state index contributed by atoms with van der Waals surface area (Å²) < 4.78 is 38.3. The molecule has 0 heterocycles. The number of sulfonamides is 1. The van der Waals surface area contributed by atoms with Gasteiger partial charge >= 0.3 is 0 Å². The Balaban J connectivity index is 2.83. The molecule has 1 aromatic carbocycles. The van der Waals surface area contributed by atoms with Crippen molar-refractivity contribution in [3.8, 4) is 0 Å². The van der Waals surface area contributed by atoms with E-state index in [1.165, 1.54) is 18.2 Å². The van der Waals surface area contributed by atoms with E-state index in [4.69, 9.17) is 0 Å². The summed E-state index contributed by atoms with van der Waals surface area (Å²) in [4.78, 5) is 12.0. The number of carbonyl (C=O) groups excluding carboxylic acids is 1. The van der Waals surface area contributed by atoms with Crippen LogP contribution in [-0.4, -0.2) is 37.5 Å². The summed E-state index contributed by atoms with van der Waals surface area (Å²) in [6, 6.07) is 5.85. The normalized spacial score (nSPS) is 13.4. The summed E-state index contributed by atoms with van der Waals surface area (Å²) in [6.45, 7) is 5.26. The zero-order valence-corrected chi connectivity index (χ0v) is 14.2. The fourth-order valence-corrected chi connectivity index (χ4v) is 2.46. The van der Waals surface area contributed by atoms with E-state index in [1.54, 1.807) is 6.07 Å². The summed E-state index contributed by atoms with van der Waals surface area (Å²) in [7, 11) is -3.63. The first-order valence-electron chi connectivity index (χ1n) is 7.09. The van der Waals surface area contributed by atoms with Gasteiger partial charge in [-0.3, -0.25) is 4.79 Å². The highest BCUT2D eigenvalue weighted by atomic mass is 32.2. The number of carbonyl (C=O) groups is 1. The Labute approximate surface area is 131 Å². The lowest BCUT2D eigenvalue weighted by molar-refractivity contribution is -0.122. The molecule has 1 amide bonds. The number of rotatable bonds is 7. The van der Waals surface area contributed by atoms with Crippen molar-refractivity contribution < 1.29 is 17.6 Å². The van der Waals surface area contributed by atoms with Gasteiger partial charge < -0.3 is 5.32 Å². The molecule has 0 fully saturated rings. The molecule has 0 aliphatic carbocycles. The summed E-state index contributed by atoms with van der Waals surface area (Å²) in [6.07, 6.45) is 1.01. The number of nitrogens with zero attached hydrogens (tertiary/aromatic N) is 1. The Kier molecular flexibility index (Phi) is 6.49. The number of hydrogen-bond donors (Lipinski definition) is 1. The van der Waals surface area contributed by atoms with Gasteiger partial charge in [-0.25, -0.2) is 12.8 Å². The molecule has 1 N–H and O–H groups in total. The van der Waals surface area contributed by atoms with Crippen LogP contribution in [0.1, 0.15) is 26.3 Å². The third kappa shape index (κ3) is 5.73. The molecule has 0 aromatic heterocycles. The van der Waals surface area contributed by atoms with E-state index in [9.17, 15) is 17.6 Å². The van der Waals surface area contributed by atoms with E-state index in [-0.39, 0.29) is 30.6 Å². The molecule has 0 bridgehead atoms. The maximum Gasteiger partial charge on any atom is 0.235 e. The third-order valence-electron chi connectivity index (χ3n) is 3.48. The van der Waals surface area contributed by atoms with Crippen LogP contribution in [0.15, 0.2) is 24.3 Å². The monoisotopic (exact) mass is 330 g/mol. The Morgan fingerprint density at radius 3 is 2.36 bits per heavy atom. The molecule has 22 heavy (non-hydrogen) atoms. The van der Waals surface area contributed by atoms with E-state index in [2.05, 4.69) is 5.32 Å². The van der Waals surface area contributed by atoms with Crippen LogP contribution in [0, 0.1) is 11.7 Å². The molecule has 0 saturated heterocycles. The number of hydrogen-bond acceptors (Lipinski definition) is 3. The first kappa shape index (κ1) is 18.6. The van der Waals surface area contributed by atoms with Crippen LogP contribution >= 0.6 is 0 Å². The molecule has 5 nitrogen and oxygen atoms in total. The standard InChI is InChI=1S/C15H23FN2O3S/c1-11(2)12(3)17-15(19)10-18(22(4,20)21)9-13-7-5-6-8-14(13)16/h5-8,11-12H,9-10H2,1-4H3,(H,17,19)/t12-/m1/s1. The van der Waals surface area contributed by atoms with Crippen molar-refractivity contribution in [3.63, 3.8) is 0 Å². The molecule has 0 aliphatic rings. The van der Waals surface area contributed by atoms with Gasteiger partial charge in [0.2, 0.25) is 15.9 Å². The van der Waals surface area contributed by atoms with Crippen LogP contribution in [-0.2, 0) is 21.4 Å². The van der Waals surface area contributed by atoms with E-state index >= 15 is 0 Å². The first-order valence-corrected chi connectivity index (χ1v) is 8.94. The number of nitrogens with one attached hydrogen (secondary N) is 1. The molecule has 0 radical (unpaired) electrons. The molecule has 0 aliphatic heterocycles. The SMILES string of the molecule is CC(C)[C@@H](C)NC(=O)CN(Cc1ccccc1F)S(C)(=O)=O. The van der Waals surface area contributed by atoms with E-state index < -0.39 is 21.7 Å². The summed E-state index contributed by atoms with van der Waals surface area (Å²) >= 11 is 0. The van der Waals surface area contributed by atoms with Crippen molar-refractivity contribution in [1.82, 2.24) is 9.62 Å². The third-order valence-corrected chi connectivity index (χ3v) is 4.68. The Hall–Kier alpha value is -1.47. The topological polar surface area (TPSA) is 66.5 Å². The fraction of sp³-hybridized carbons (Fsp3) is 0.533. The smallest absolute Gasteiger partial charge is 0.235 e. The Morgan fingerprint density at radius 1 is 1.27 bits per heavy atom. The average molecular weight is 330 g/mol. The zero-order chi connectivity index (χ0) is 16.9. The Morgan fingerprint density at radius 2 is 1.86 bits per heavy atom. The molecule has 124 valence electrons. The molecule has 1 atom stereocenters. The lowest BCUT2D eigenvalue weighted by atomic mass is 10.1. The summed E-state index contributed by atoms with van der Waals surface area (Å²) in [5.74, 6) is -0.655. The highest BCUT2D eigenvalue weighted by Gasteiger charge is 2.22. The highest BCUT2D eigenvalue weighted by molar-refractivity contribution is 7.88. The number of amides is 1. The molecular weight excluding hydrogens is 307 g/mol. The van der Waals surface area contributed by atoms with Crippen molar-refractivity contribution in [1.29, 1.82) is 0 Å². The maximum atomic E-state index is 13.7. The van der Waals surface area contributed by atoms with Crippen LogP contribution < -0.4 is 5.32 Å². The lowest BCUT2D eigenvalue weighted by Gasteiger charge is -2.22. The predicted molar refractivity (Wildman–Crippen MR) is 84.1 cm³/mol. The molecule has 0 saturated carbocycles. The van der Waals surface area contributed by atoms with Crippen molar-refractivity contribution >= 4 is 15.9 Å². The lowest BCUT2D eigenvalue weighted by Crippen LogP contribution is -2.44. The van der Waals surface area contributed by atoms with Crippen molar-refractivity contribution in [3.05, 3.63) is 35.6 Å². The van der Waals surface area contributed by atoms with Crippen molar-refractivity contribution in [2.24, 2.45) is 5.92 Å². The van der Waals surface area contributed by atoms with Gasteiger partial charge in [0.1, 0.15) is 5.82 Å². The van der Waals surface area contributed by atoms with Crippen LogP contribution in [0.4, 0.5) is 4.39 Å². The van der Waals surface area contributed by atoms with E-state index in [1.807, 2.05) is 20.8 Å². The average Bonchev–Trinajstić information content (AvgIpc) is 2.39. The molecular formula is C15H23FN2O3S. The highest BCUT2D eigenvalue weighted by Crippen LogP contribution is 2.12. The van der Waals surface area contributed by atoms with Crippen LogP contribution in [0.5, 0.6) is 0 Å². The van der Waals surface area contributed by atoms with Crippen LogP contribution in [0.2, 0.25) is 0 Å². The van der Waals surface area contributed by atoms with Gasteiger partial charge in [-0.2, -0.15) is 4.31 Å². The largest absolute Gasteiger partial charge is 0.352 e. The van der Waals surface area contributed by atoms with Gasteiger partial charge in [-0.15, -0.1) is 0 Å². The quantitative estimate of drug-likeness (QED) is 0.828. The summed E-state index contributed by atoms with van der Waals surface area (Å²) in [5, 5.41) is 2.74. The van der Waals surface area contributed by atoms with Crippen LogP contribution in [0.3, 0.4) is 0 Å². The van der Waals surface area contributed by atoms with E-state index in [0.717, 1.165) is 10.6 Å². The number of halogens is 1. The van der Waals surface area contributed by atoms with Gasteiger partial charge in [0.15, 0.2) is 0 Å². The van der Waals surface area contributed by atoms with Crippen molar-refractivity contribution in [2.75, 3.05) is 12.8 Å². The second-order valence-electron chi connectivity index (χ2n) is 5.72. The van der Waals surface area contributed by atoms with Crippen molar-refractivity contribution in [2.45, 2.75) is 33.4 Å². The zero-order valence-electron chi connectivity index (χ0n) is 13.3. The molecule has 0 unspecified atom stereocenters.